The third-order valence-corrected chi connectivity index (χ3v) is 3.69. The van der Waals surface area contributed by atoms with Crippen molar-refractivity contribution < 1.29 is 9.59 Å². The lowest BCUT2D eigenvalue weighted by Crippen LogP contribution is -2.27. The van der Waals surface area contributed by atoms with Crippen molar-refractivity contribution in [1.82, 2.24) is 14.7 Å². The van der Waals surface area contributed by atoms with Crippen LogP contribution in [0.25, 0.3) is 5.69 Å². The van der Waals surface area contributed by atoms with Crippen molar-refractivity contribution in [3.63, 3.8) is 0 Å². The van der Waals surface area contributed by atoms with Crippen LogP contribution in [0.15, 0.2) is 30.3 Å². The predicted octanol–water partition coefficient (Wildman–Crippen LogP) is 3.01. The van der Waals surface area contributed by atoms with Crippen molar-refractivity contribution in [2.75, 3.05) is 18.9 Å². The molecule has 1 aromatic carbocycles. The number of aromatic nitrogens is 2. The molecule has 0 unspecified atom stereocenters. The van der Waals surface area contributed by atoms with E-state index in [1.807, 2.05) is 26.1 Å². The summed E-state index contributed by atoms with van der Waals surface area (Å²) in [4.78, 5) is 25.4. The lowest BCUT2D eigenvalue weighted by Gasteiger charge is -2.17. The summed E-state index contributed by atoms with van der Waals surface area (Å²) in [5.41, 5.74) is 2.24. The number of nitrogens with zero attached hydrogens (tertiary/aromatic N) is 3. The van der Waals surface area contributed by atoms with Gasteiger partial charge in [-0.1, -0.05) is 13.3 Å². The Bertz CT molecular complexity index is 719. The lowest BCUT2D eigenvalue weighted by molar-refractivity contribution is -0.114. The number of benzene rings is 1. The van der Waals surface area contributed by atoms with Gasteiger partial charge in [0.15, 0.2) is 0 Å². The molecule has 0 atom stereocenters. The summed E-state index contributed by atoms with van der Waals surface area (Å²) in [6.07, 6.45) is 2.05. The molecule has 0 spiro atoms. The van der Waals surface area contributed by atoms with Gasteiger partial charge in [-0.25, -0.2) is 4.68 Å². The van der Waals surface area contributed by atoms with Crippen molar-refractivity contribution in [3.8, 4) is 5.69 Å². The van der Waals surface area contributed by atoms with Gasteiger partial charge in [0.05, 0.1) is 11.4 Å². The van der Waals surface area contributed by atoms with Gasteiger partial charge in [0.25, 0.3) is 5.91 Å². The molecule has 0 saturated carbocycles. The Hall–Kier alpha value is -2.63. The highest BCUT2D eigenvalue weighted by Crippen LogP contribution is 2.18. The molecule has 0 aliphatic heterocycles. The fourth-order valence-electron chi connectivity index (χ4n) is 2.43. The quantitative estimate of drug-likeness (QED) is 0.886. The molecule has 24 heavy (non-hydrogen) atoms. The zero-order valence-electron chi connectivity index (χ0n) is 14.7. The minimum absolute atomic E-state index is 0.00808. The molecular formula is C18H24N4O2. The predicted molar refractivity (Wildman–Crippen MR) is 94.5 cm³/mol. The zero-order chi connectivity index (χ0) is 17.7. The summed E-state index contributed by atoms with van der Waals surface area (Å²) >= 11 is 0. The smallest absolute Gasteiger partial charge is 0.253 e. The van der Waals surface area contributed by atoms with Crippen LogP contribution in [0, 0.1) is 6.92 Å². The SMILES string of the molecule is CCCCN(C)C(=O)c1ccc(-n2nc(C)cc2NC(C)=O)cc1. The van der Waals surface area contributed by atoms with Crippen LogP contribution in [0.2, 0.25) is 0 Å². The standard InChI is InChI=1S/C18H24N4O2/c1-5-6-11-21(4)18(24)15-7-9-16(10-8-15)22-17(19-14(3)23)12-13(2)20-22/h7-10,12H,5-6,11H2,1-4H3,(H,19,23). The highest BCUT2D eigenvalue weighted by atomic mass is 16.2. The number of carbonyl (C=O) groups is 2. The summed E-state index contributed by atoms with van der Waals surface area (Å²) in [5, 5.41) is 7.15. The number of hydrogen-bond acceptors (Lipinski definition) is 3. The second-order valence-corrected chi connectivity index (χ2v) is 5.89. The second kappa shape index (κ2) is 7.77. The average molecular weight is 328 g/mol. The summed E-state index contributed by atoms with van der Waals surface area (Å²) < 4.78 is 1.66. The van der Waals surface area contributed by atoms with Crippen LogP contribution in [0.4, 0.5) is 5.82 Å². The fourth-order valence-corrected chi connectivity index (χ4v) is 2.43. The molecule has 6 heteroatoms. The molecule has 0 radical (unpaired) electrons. The first-order valence-electron chi connectivity index (χ1n) is 8.12. The fraction of sp³-hybridized carbons (Fsp3) is 0.389. The number of rotatable bonds is 6. The first-order chi connectivity index (χ1) is 11.4. The third kappa shape index (κ3) is 4.22. The highest BCUT2D eigenvalue weighted by molar-refractivity contribution is 5.94. The Balaban J connectivity index is 2.21. The van der Waals surface area contributed by atoms with E-state index in [0.717, 1.165) is 30.8 Å². The van der Waals surface area contributed by atoms with Crippen molar-refractivity contribution in [1.29, 1.82) is 0 Å². The van der Waals surface area contributed by atoms with Crippen LogP contribution in [-0.4, -0.2) is 40.1 Å². The molecule has 0 aliphatic rings. The number of unbranched alkanes of at least 4 members (excludes halogenated alkanes) is 1. The van der Waals surface area contributed by atoms with E-state index in [-0.39, 0.29) is 11.8 Å². The van der Waals surface area contributed by atoms with Gasteiger partial charge >= 0.3 is 0 Å². The van der Waals surface area contributed by atoms with E-state index in [2.05, 4.69) is 17.3 Å². The number of aryl methyl sites for hydroxylation is 1. The topological polar surface area (TPSA) is 67.2 Å². The normalized spacial score (nSPS) is 10.5. The van der Waals surface area contributed by atoms with Gasteiger partial charge in [-0.2, -0.15) is 5.10 Å². The number of hydrogen-bond donors (Lipinski definition) is 1. The maximum absolute atomic E-state index is 12.4. The molecule has 2 aromatic rings. The molecule has 0 bridgehead atoms. The summed E-state index contributed by atoms with van der Waals surface area (Å²) in [5.74, 6) is 0.466. The maximum Gasteiger partial charge on any atom is 0.253 e. The first kappa shape index (κ1) is 17.7. The number of anilines is 1. The summed E-state index contributed by atoms with van der Waals surface area (Å²) in [6, 6.07) is 9.04. The Morgan fingerprint density at radius 3 is 2.50 bits per heavy atom. The highest BCUT2D eigenvalue weighted by Gasteiger charge is 2.13. The van der Waals surface area contributed by atoms with E-state index in [1.165, 1.54) is 6.92 Å². The van der Waals surface area contributed by atoms with Crippen LogP contribution in [0.1, 0.15) is 42.7 Å². The van der Waals surface area contributed by atoms with E-state index in [1.54, 1.807) is 27.8 Å². The van der Waals surface area contributed by atoms with Gasteiger partial charge in [-0.05, 0) is 37.6 Å². The minimum atomic E-state index is -0.152. The van der Waals surface area contributed by atoms with Crippen LogP contribution in [0.5, 0.6) is 0 Å². The molecule has 6 nitrogen and oxygen atoms in total. The number of amides is 2. The third-order valence-electron chi connectivity index (χ3n) is 3.69. The van der Waals surface area contributed by atoms with E-state index in [9.17, 15) is 9.59 Å². The molecule has 1 heterocycles. The molecule has 0 saturated heterocycles. The zero-order valence-corrected chi connectivity index (χ0v) is 14.7. The second-order valence-electron chi connectivity index (χ2n) is 5.89. The Morgan fingerprint density at radius 2 is 1.92 bits per heavy atom. The van der Waals surface area contributed by atoms with Crippen molar-refractivity contribution in [3.05, 3.63) is 41.6 Å². The van der Waals surface area contributed by atoms with E-state index in [4.69, 9.17) is 0 Å². The molecule has 1 N–H and O–H groups in total. The molecule has 2 rings (SSSR count). The maximum atomic E-state index is 12.4. The van der Waals surface area contributed by atoms with Crippen LogP contribution in [0.3, 0.4) is 0 Å². The molecule has 2 amide bonds. The minimum Gasteiger partial charge on any atom is -0.342 e. The van der Waals surface area contributed by atoms with Gasteiger partial charge < -0.3 is 10.2 Å². The monoisotopic (exact) mass is 328 g/mol. The number of nitrogens with one attached hydrogen (secondary N) is 1. The van der Waals surface area contributed by atoms with Gasteiger partial charge in [-0.15, -0.1) is 0 Å². The Morgan fingerprint density at radius 1 is 1.25 bits per heavy atom. The lowest BCUT2D eigenvalue weighted by atomic mass is 10.1. The molecule has 1 aromatic heterocycles. The Labute approximate surface area is 142 Å². The first-order valence-corrected chi connectivity index (χ1v) is 8.12. The van der Waals surface area contributed by atoms with E-state index < -0.39 is 0 Å². The van der Waals surface area contributed by atoms with Gasteiger partial charge in [0.1, 0.15) is 5.82 Å². The van der Waals surface area contributed by atoms with Gasteiger partial charge in [0, 0.05) is 32.1 Å². The summed E-state index contributed by atoms with van der Waals surface area (Å²) in [6.45, 7) is 6.18. The van der Waals surface area contributed by atoms with Crippen LogP contribution < -0.4 is 5.32 Å². The molecule has 0 aliphatic carbocycles. The molecule has 0 fully saturated rings. The molecule has 128 valence electrons. The van der Waals surface area contributed by atoms with Crippen LogP contribution in [-0.2, 0) is 4.79 Å². The van der Waals surface area contributed by atoms with Crippen molar-refractivity contribution in [2.45, 2.75) is 33.6 Å². The van der Waals surface area contributed by atoms with Crippen molar-refractivity contribution >= 4 is 17.6 Å². The Kier molecular flexibility index (Phi) is 5.73. The van der Waals surface area contributed by atoms with E-state index in [0.29, 0.717) is 11.4 Å². The molecular weight excluding hydrogens is 304 g/mol. The number of carbonyl (C=O) groups excluding carboxylic acids is 2. The van der Waals surface area contributed by atoms with Gasteiger partial charge in [0.2, 0.25) is 5.91 Å². The average Bonchev–Trinajstić information content (AvgIpc) is 2.91. The summed E-state index contributed by atoms with van der Waals surface area (Å²) in [7, 11) is 1.82. The van der Waals surface area contributed by atoms with Crippen LogP contribution >= 0.6 is 0 Å². The largest absolute Gasteiger partial charge is 0.342 e. The van der Waals surface area contributed by atoms with E-state index >= 15 is 0 Å². The van der Waals surface area contributed by atoms with Gasteiger partial charge in [-0.3, -0.25) is 9.59 Å². The van der Waals surface area contributed by atoms with Crippen molar-refractivity contribution in [2.24, 2.45) is 0 Å².